The molecule has 3 heteroatoms. The van der Waals surface area contributed by atoms with Gasteiger partial charge in [-0.3, -0.25) is 0 Å². The lowest BCUT2D eigenvalue weighted by Crippen LogP contribution is -1.85. The summed E-state index contributed by atoms with van der Waals surface area (Å²) in [5.74, 6) is 0.469. The third-order valence-electron chi connectivity index (χ3n) is 2.72. The van der Waals surface area contributed by atoms with Crippen molar-refractivity contribution in [3.63, 3.8) is 0 Å². The molecule has 2 aromatic carbocycles. The van der Waals surface area contributed by atoms with Crippen molar-refractivity contribution in [2.75, 3.05) is 7.11 Å². The van der Waals surface area contributed by atoms with Gasteiger partial charge in [-0.1, -0.05) is 36.4 Å². The van der Waals surface area contributed by atoms with Crippen LogP contribution in [0.5, 0.6) is 11.5 Å². The normalized spacial score (nSPS) is 10.8. The fraction of sp³-hybridized carbons (Fsp3) is 0.0625. The fourth-order valence-electron chi connectivity index (χ4n) is 1.76. The van der Waals surface area contributed by atoms with Crippen LogP contribution in [0.1, 0.15) is 11.1 Å². The Hall–Kier alpha value is -2.73. The Labute approximate surface area is 112 Å². The Kier molecular flexibility index (Phi) is 3.84. The molecule has 94 valence electrons. The second kappa shape index (κ2) is 5.74. The van der Waals surface area contributed by atoms with Crippen LogP contribution >= 0.6 is 0 Å². The first-order valence-electron chi connectivity index (χ1n) is 5.79. The third-order valence-corrected chi connectivity index (χ3v) is 2.72. The van der Waals surface area contributed by atoms with Crippen LogP contribution in [0.3, 0.4) is 0 Å². The van der Waals surface area contributed by atoms with Gasteiger partial charge in [0.2, 0.25) is 0 Å². The van der Waals surface area contributed by atoms with Gasteiger partial charge in [0.15, 0.2) is 11.5 Å². The number of allylic oxidation sites excluding steroid dienone is 1. The highest BCUT2D eigenvalue weighted by Gasteiger charge is 2.03. The van der Waals surface area contributed by atoms with Gasteiger partial charge in [-0.25, -0.2) is 0 Å². The van der Waals surface area contributed by atoms with Gasteiger partial charge in [0.05, 0.1) is 18.8 Å². The van der Waals surface area contributed by atoms with Crippen LogP contribution in [-0.4, -0.2) is 12.2 Å². The van der Waals surface area contributed by atoms with E-state index in [0.29, 0.717) is 11.3 Å². The zero-order valence-corrected chi connectivity index (χ0v) is 10.5. The third kappa shape index (κ3) is 2.93. The standard InChI is InChI=1S/C16H13NO2/c1-19-16-8-7-12(10-15(16)18)9-14(11-17)13-5-3-2-4-6-13/h2-10,18H,1H3. The Balaban J connectivity index is 2.39. The minimum atomic E-state index is 0.0570. The van der Waals surface area contributed by atoms with E-state index in [0.717, 1.165) is 11.1 Å². The molecule has 0 radical (unpaired) electrons. The van der Waals surface area contributed by atoms with Gasteiger partial charge >= 0.3 is 0 Å². The predicted molar refractivity (Wildman–Crippen MR) is 74.6 cm³/mol. The van der Waals surface area contributed by atoms with Crippen LogP contribution in [0, 0.1) is 11.3 Å². The van der Waals surface area contributed by atoms with E-state index in [1.54, 1.807) is 24.3 Å². The smallest absolute Gasteiger partial charge is 0.160 e. The lowest BCUT2D eigenvalue weighted by atomic mass is 10.0. The number of hydrogen-bond acceptors (Lipinski definition) is 3. The number of phenols is 1. The molecule has 0 aliphatic carbocycles. The number of hydrogen-bond donors (Lipinski definition) is 1. The maximum Gasteiger partial charge on any atom is 0.160 e. The maximum atomic E-state index is 9.71. The first kappa shape index (κ1) is 12.7. The molecule has 19 heavy (non-hydrogen) atoms. The van der Waals surface area contributed by atoms with E-state index in [1.165, 1.54) is 7.11 Å². The van der Waals surface area contributed by atoms with Gasteiger partial charge in [0, 0.05) is 0 Å². The highest BCUT2D eigenvalue weighted by molar-refractivity contribution is 5.89. The highest BCUT2D eigenvalue weighted by atomic mass is 16.5. The molecule has 2 aromatic rings. The molecule has 3 nitrogen and oxygen atoms in total. The van der Waals surface area contributed by atoms with Crippen molar-refractivity contribution in [2.45, 2.75) is 0 Å². The molecular weight excluding hydrogens is 238 g/mol. The molecule has 0 saturated heterocycles. The summed E-state index contributed by atoms with van der Waals surface area (Å²) in [6.45, 7) is 0. The molecule has 0 aliphatic rings. The number of benzene rings is 2. The Morgan fingerprint density at radius 1 is 1.21 bits per heavy atom. The van der Waals surface area contributed by atoms with Crippen LogP contribution in [-0.2, 0) is 0 Å². The predicted octanol–water partition coefficient (Wildman–Crippen LogP) is 3.46. The van der Waals surface area contributed by atoms with E-state index in [9.17, 15) is 10.4 Å². The Morgan fingerprint density at radius 2 is 1.95 bits per heavy atom. The topological polar surface area (TPSA) is 53.2 Å². The fourth-order valence-corrected chi connectivity index (χ4v) is 1.76. The molecule has 1 N–H and O–H groups in total. The zero-order chi connectivity index (χ0) is 13.7. The lowest BCUT2D eigenvalue weighted by molar-refractivity contribution is 0.373. The average molecular weight is 251 g/mol. The summed E-state index contributed by atoms with van der Waals surface area (Å²) >= 11 is 0. The van der Waals surface area contributed by atoms with Crippen molar-refractivity contribution in [3.05, 3.63) is 59.7 Å². The van der Waals surface area contributed by atoms with Crippen LogP contribution in [0.15, 0.2) is 48.5 Å². The molecular formula is C16H13NO2. The molecule has 0 unspecified atom stereocenters. The van der Waals surface area contributed by atoms with Crippen LogP contribution in [0.25, 0.3) is 11.6 Å². The largest absolute Gasteiger partial charge is 0.504 e. The first-order valence-corrected chi connectivity index (χ1v) is 5.79. The van der Waals surface area contributed by atoms with E-state index < -0.39 is 0 Å². The van der Waals surface area contributed by atoms with Crippen molar-refractivity contribution >= 4 is 11.6 Å². The summed E-state index contributed by atoms with van der Waals surface area (Å²) in [5.41, 5.74) is 2.14. The SMILES string of the molecule is COc1ccc(C=C(C#N)c2ccccc2)cc1O. The van der Waals surface area contributed by atoms with Crippen LogP contribution in [0.4, 0.5) is 0 Å². The number of aromatic hydroxyl groups is 1. The quantitative estimate of drug-likeness (QED) is 0.671. The van der Waals surface area contributed by atoms with Crippen molar-refractivity contribution < 1.29 is 9.84 Å². The van der Waals surface area contributed by atoms with E-state index in [4.69, 9.17) is 4.74 Å². The minimum Gasteiger partial charge on any atom is -0.504 e. The second-order valence-electron chi connectivity index (χ2n) is 3.97. The number of methoxy groups -OCH3 is 1. The molecule has 2 rings (SSSR count). The van der Waals surface area contributed by atoms with Crippen LogP contribution < -0.4 is 4.74 Å². The van der Waals surface area contributed by atoms with Crippen molar-refractivity contribution in [3.8, 4) is 17.6 Å². The van der Waals surface area contributed by atoms with E-state index in [1.807, 2.05) is 30.3 Å². The van der Waals surface area contributed by atoms with Gasteiger partial charge in [-0.05, 0) is 29.3 Å². The zero-order valence-electron chi connectivity index (χ0n) is 10.5. The van der Waals surface area contributed by atoms with E-state index >= 15 is 0 Å². The van der Waals surface area contributed by atoms with Gasteiger partial charge in [0.25, 0.3) is 0 Å². The molecule has 0 amide bonds. The lowest BCUT2D eigenvalue weighted by Gasteiger charge is -2.04. The average Bonchev–Trinajstić information content (AvgIpc) is 2.46. The van der Waals surface area contributed by atoms with E-state index in [2.05, 4.69) is 6.07 Å². The Morgan fingerprint density at radius 3 is 2.53 bits per heavy atom. The summed E-state index contributed by atoms with van der Waals surface area (Å²) in [4.78, 5) is 0. The summed E-state index contributed by atoms with van der Waals surface area (Å²) in [7, 11) is 1.50. The summed E-state index contributed by atoms with van der Waals surface area (Å²) in [6, 6.07) is 16.6. The Bertz CT molecular complexity index is 640. The first-order chi connectivity index (χ1) is 9.24. The molecule has 0 atom stereocenters. The van der Waals surface area contributed by atoms with Gasteiger partial charge in [-0.15, -0.1) is 0 Å². The van der Waals surface area contributed by atoms with Crippen molar-refractivity contribution in [2.24, 2.45) is 0 Å². The number of ether oxygens (including phenoxy) is 1. The number of phenolic OH excluding ortho intramolecular Hbond substituents is 1. The summed E-state index contributed by atoms with van der Waals surface area (Å²) in [6.07, 6.45) is 1.73. The molecule has 0 fully saturated rings. The van der Waals surface area contributed by atoms with E-state index in [-0.39, 0.29) is 5.75 Å². The molecule has 0 bridgehead atoms. The van der Waals surface area contributed by atoms with Crippen LogP contribution in [0.2, 0.25) is 0 Å². The number of nitriles is 1. The maximum absolute atomic E-state index is 9.71. The second-order valence-corrected chi connectivity index (χ2v) is 3.97. The van der Waals surface area contributed by atoms with Gasteiger partial charge < -0.3 is 9.84 Å². The number of rotatable bonds is 3. The van der Waals surface area contributed by atoms with Gasteiger partial charge in [-0.2, -0.15) is 5.26 Å². The summed E-state index contributed by atoms with van der Waals surface area (Å²) < 4.78 is 4.98. The molecule has 0 aromatic heterocycles. The minimum absolute atomic E-state index is 0.0570. The number of nitrogens with zero attached hydrogens (tertiary/aromatic N) is 1. The molecule has 0 saturated carbocycles. The van der Waals surface area contributed by atoms with Crippen molar-refractivity contribution in [1.82, 2.24) is 0 Å². The highest BCUT2D eigenvalue weighted by Crippen LogP contribution is 2.28. The monoisotopic (exact) mass is 251 g/mol. The molecule has 0 spiro atoms. The van der Waals surface area contributed by atoms with Crippen molar-refractivity contribution in [1.29, 1.82) is 5.26 Å². The summed E-state index contributed by atoms with van der Waals surface area (Å²) in [5, 5.41) is 18.9. The molecule has 0 heterocycles. The molecule has 0 aliphatic heterocycles. The van der Waals surface area contributed by atoms with Gasteiger partial charge in [0.1, 0.15) is 0 Å².